The van der Waals surface area contributed by atoms with Gasteiger partial charge in [0.2, 0.25) is 0 Å². The number of hydrogen-bond donors (Lipinski definition) is 3. The van der Waals surface area contributed by atoms with E-state index in [1.165, 1.54) is 19.2 Å². The summed E-state index contributed by atoms with van der Waals surface area (Å²) in [4.78, 5) is 15.2. The molecule has 3 N–H and O–H groups in total. The smallest absolute Gasteiger partial charge is 0.264 e. The van der Waals surface area contributed by atoms with Crippen molar-refractivity contribution in [2.75, 3.05) is 7.05 Å². The molecule has 0 bridgehead atoms. The Morgan fingerprint density at radius 2 is 2.50 bits per heavy atom. The van der Waals surface area contributed by atoms with Crippen molar-refractivity contribution < 1.29 is 4.84 Å². The standard InChI is InChI=1S/C6H8N4O2/c1-8-12-6(7)4-2-3-5(11)10-9-4/h2-3,7-8H,1H3,(H,10,11). The normalized spacial score (nSPS) is 9.42. The quantitative estimate of drug-likeness (QED) is 0.308. The van der Waals surface area contributed by atoms with Crippen LogP contribution < -0.4 is 11.0 Å². The molecule has 1 heterocycles. The van der Waals surface area contributed by atoms with E-state index < -0.39 is 0 Å². The molecule has 6 nitrogen and oxygen atoms in total. The van der Waals surface area contributed by atoms with Gasteiger partial charge >= 0.3 is 0 Å². The van der Waals surface area contributed by atoms with Gasteiger partial charge in [-0.15, -0.1) is 0 Å². The van der Waals surface area contributed by atoms with E-state index in [0.29, 0.717) is 0 Å². The van der Waals surface area contributed by atoms with Gasteiger partial charge in [0.1, 0.15) is 5.69 Å². The Labute approximate surface area is 68.0 Å². The second kappa shape index (κ2) is 3.63. The molecule has 0 saturated heterocycles. The van der Waals surface area contributed by atoms with Crippen LogP contribution in [-0.4, -0.2) is 23.1 Å². The highest BCUT2D eigenvalue weighted by molar-refractivity contribution is 5.88. The van der Waals surface area contributed by atoms with Gasteiger partial charge in [-0.1, -0.05) is 0 Å². The van der Waals surface area contributed by atoms with Gasteiger partial charge in [0.15, 0.2) is 0 Å². The van der Waals surface area contributed by atoms with Crippen molar-refractivity contribution in [1.29, 1.82) is 5.41 Å². The summed E-state index contributed by atoms with van der Waals surface area (Å²) in [6, 6.07) is 2.68. The van der Waals surface area contributed by atoms with E-state index >= 15 is 0 Å². The van der Waals surface area contributed by atoms with Crippen LogP contribution in [0.15, 0.2) is 16.9 Å². The monoisotopic (exact) mass is 168 g/mol. The van der Waals surface area contributed by atoms with Crippen molar-refractivity contribution in [3.63, 3.8) is 0 Å². The molecule has 0 aromatic carbocycles. The van der Waals surface area contributed by atoms with Crippen molar-refractivity contribution >= 4 is 5.90 Å². The molecule has 0 fully saturated rings. The van der Waals surface area contributed by atoms with Crippen molar-refractivity contribution in [2.45, 2.75) is 0 Å². The molecule has 0 spiro atoms. The number of aromatic amines is 1. The van der Waals surface area contributed by atoms with Gasteiger partial charge < -0.3 is 4.84 Å². The maximum atomic E-state index is 10.6. The Bertz CT molecular complexity index is 312. The molecule has 0 aliphatic rings. The van der Waals surface area contributed by atoms with E-state index in [9.17, 15) is 4.79 Å². The molecule has 0 amide bonds. The van der Waals surface area contributed by atoms with E-state index in [1.54, 1.807) is 0 Å². The molecule has 0 radical (unpaired) electrons. The molecule has 0 atom stereocenters. The van der Waals surface area contributed by atoms with Crippen LogP contribution >= 0.6 is 0 Å². The summed E-state index contributed by atoms with van der Waals surface area (Å²) in [6.45, 7) is 0. The number of hydroxylamine groups is 1. The van der Waals surface area contributed by atoms with Crippen molar-refractivity contribution in [3.05, 3.63) is 28.2 Å². The Morgan fingerprint density at radius 1 is 1.75 bits per heavy atom. The largest absolute Gasteiger partial charge is 0.387 e. The molecule has 64 valence electrons. The predicted octanol–water partition coefficient (Wildman–Crippen LogP) is -0.754. The fourth-order valence-electron chi connectivity index (χ4n) is 0.625. The minimum Gasteiger partial charge on any atom is -0.387 e. The Balaban J connectivity index is 2.82. The molecule has 1 aromatic heterocycles. The minimum atomic E-state index is -0.309. The number of H-pyrrole nitrogens is 1. The van der Waals surface area contributed by atoms with Crippen LogP contribution in [0.25, 0.3) is 0 Å². The maximum absolute atomic E-state index is 10.6. The van der Waals surface area contributed by atoms with Gasteiger partial charge in [-0.05, 0) is 6.07 Å². The fourth-order valence-corrected chi connectivity index (χ4v) is 0.625. The van der Waals surface area contributed by atoms with E-state index in [0.717, 1.165) is 0 Å². The van der Waals surface area contributed by atoms with Crippen LogP contribution in [0.1, 0.15) is 5.69 Å². The first-order chi connectivity index (χ1) is 5.74. The zero-order valence-corrected chi connectivity index (χ0v) is 6.42. The summed E-state index contributed by atoms with van der Waals surface area (Å²) in [5.41, 5.74) is 2.28. The van der Waals surface area contributed by atoms with E-state index in [-0.39, 0.29) is 17.2 Å². The lowest BCUT2D eigenvalue weighted by atomic mass is 10.4. The Hall–Kier alpha value is -1.69. The van der Waals surface area contributed by atoms with Crippen LogP contribution in [0.3, 0.4) is 0 Å². The first kappa shape index (κ1) is 8.41. The summed E-state index contributed by atoms with van der Waals surface area (Å²) in [5, 5.41) is 13.0. The third-order valence-corrected chi connectivity index (χ3v) is 1.12. The van der Waals surface area contributed by atoms with Crippen LogP contribution in [0, 0.1) is 5.41 Å². The average Bonchev–Trinajstić information content (AvgIpc) is 2.06. The number of nitrogens with zero attached hydrogens (tertiary/aromatic N) is 1. The molecule has 0 aliphatic heterocycles. The maximum Gasteiger partial charge on any atom is 0.264 e. The Morgan fingerprint density at radius 3 is 3.00 bits per heavy atom. The molecule has 1 rings (SSSR count). The summed E-state index contributed by atoms with van der Waals surface area (Å²) in [5.74, 6) is -0.145. The lowest BCUT2D eigenvalue weighted by Crippen LogP contribution is -2.18. The third-order valence-electron chi connectivity index (χ3n) is 1.12. The summed E-state index contributed by atoms with van der Waals surface area (Å²) >= 11 is 0. The average molecular weight is 168 g/mol. The van der Waals surface area contributed by atoms with Gasteiger partial charge in [-0.25, -0.2) is 5.10 Å². The number of hydrogen-bond acceptors (Lipinski definition) is 5. The highest BCUT2D eigenvalue weighted by Gasteiger charge is 2.02. The molecule has 12 heavy (non-hydrogen) atoms. The van der Waals surface area contributed by atoms with Crippen LogP contribution in [0.4, 0.5) is 0 Å². The van der Waals surface area contributed by atoms with Gasteiger partial charge in [-0.2, -0.15) is 10.6 Å². The molecular weight excluding hydrogens is 160 g/mol. The lowest BCUT2D eigenvalue weighted by Gasteiger charge is -2.01. The summed E-state index contributed by atoms with van der Waals surface area (Å²) < 4.78 is 0. The SMILES string of the molecule is CNOC(=N)c1ccc(=O)[nH]n1. The number of rotatable bonds is 2. The van der Waals surface area contributed by atoms with Gasteiger partial charge in [0.05, 0.1) is 0 Å². The van der Waals surface area contributed by atoms with E-state index in [1.807, 2.05) is 0 Å². The Kier molecular flexibility index (Phi) is 2.54. The topological polar surface area (TPSA) is 90.9 Å². The molecule has 0 saturated carbocycles. The van der Waals surface area contributed by atoms with Gasteiger partial charge in [0, 0.05) is 13.1 Å². The van der Waals surface area contributed by atoms with Crippen molar-refractivity contribution in [3.8, 4) is 0 Å². The molecule has 6 heteroatoms. The fraction of sp³-hybridized carbons (Fsp3) is 0.167. The third kappa shape index (κ3) is 1.89. The second-order valence-electron chi connectivity index (χ2n) is 1.94. The van der Waals surface area contributed by atoms with Crippen LogP contribution in [0.2, 0.25) is 0 Å². The highest BCUT2D eigenvalue weighted by atomic mass is 16.6. The minimum absolute atomic E-state index is 0.145. The van der Waals surface area contributed by atoms with Crippen molar-refractivity contribution in [1.82, 2.24) is 15.7 Å². The molecule has 1 aromatic rings. The molecule has 0 unspecified atom stereocenters. The molecular formula is C6H8N4O2. The van der Waals surface area contributed by atoms with Gasteiger partial charge in [0.25, 0.3) is 11.5 Å². The first-order valence-corrected chi connectivity index (χ1v) is 3.22. The number of aromatic nitrogens is 2. The van der Waals surface area contributed by atoms with Crippen LogP contribution in [0.5, 0.6) is 0 Å². The van der Waals surface area contributed by atoms with Gasteiger partial charge in [-0.3, -0.25) is 10.2 Å². The molecule has 0 aliphatic carbocycles. The second-order valence-corrected chi connectivity index (χ2v) is 1.94. The first-order valence-electron chi connectivity index (χ1n) is 3.22. The zero-order valence-electron chi connectivity index (χ0n) is 6.42. The van der Waals surface area contributed by atoms with E-state index in [4.69, 9.17) is 5.41 Å². The predicted molar refractivity (Wildman–Crippen MR) is 41.8 cm³/mol. The zero-order chi connectivity index (χ0) is 8.97. The van der Waals surface area contributed by atoms with Crippen molar-refractivity contribution in [2.24, 2.45) is 0 Å². The summed E-state index contributed by atoms with van der Waals surface area (Å²) in [7, 11) is 1.53. The van der Waals surface area contributed by atoms with E-state index in [2.05, 4.69) is 20.5 Å². The highest BCUT2D eigenvalue weighted by Crippen LogP contribution is 1.89. The lowest BCUT2D eigenvalue weighted by molar-refractivity contribution is 0.207. The number of nitrogens with one attached hydrogen (secondary N) is 3. The van der Waals surface area contributed by atoms with Crippen LogP contribution in [-0.2, 0) is 4.84 Å². The summed E-state index contributed by atoms with van der Waals surface area (Å²) in [6.07, 6.45) is 0.